The van der Waals surface area contributed by atoms with E-state index in [2.05, 4.69) is 4.72 Å². The Hall–Kier alpha value is -2.00. The highest BCUT2D eigenvalue weighted by Gasteiger charge is 2.33. The van der Waals surface area contributed by atoms with Gasteiger partial charge in [-0.25, -0.2) is 8.42 Å². The number of hydrogen-bond acceptors (Lipinski definition) is 6. The Morgan fingerprint density at radius 2 is 1.71 bits per heavy atom. The average Bonchev–Trinajstić information content (AvgIpc) is 2.37. The van der Waals surface area contributed by atoms with Crippen LogP contribution in [0.4, 0.5) is 5.69 Å². The number of ether oxygens (including phenoxy) is 2. The van der Waals surface area contributed by atoms with E-state index in [0.29, 0.717) is 0 Å². The van der Waals surface area contributed by atoms with Gasteiger partial charge in [0, 0.05) is 6.07 Å². The first-order chi connectivity index (χ1) is 9.55. The van der Waals surface area contributed by atoms with Gasteiger partial charge >= 0.3 is 0 Å². The Bertz CT molecular complexity index is 655. The molecule has 1 amide bonds. The van der Waals surface area contributed by atoms with E-state index in [9.17, 15) is 13.2 Å². The van der Waals surface area contributed by atoms with Crippen LogP contribution in [-0.2, 0) is 14.8 Å². The summed E-state index contributed by atoms with van der Waals surface area (Å²) in [5.41, 5.74) is 9.53. The van der Waals surface area contributed by atoms with Gasteiger partial charge in [0.2, 0.25) is 15.9 Å². The van der Waals surface area contributed by atoms with Gasteiger partial charge in [0.05, 0.1) is 19.9 Å². The van der Waals surface area contributed by atoms with Crippen molar-refractivity contribution in [3.05, 3.63) is 12.1 Å². The Balaban J connectivity index is 3.38. The Morgan fingerprint density at radius 3 is 2.14 bits per heavy atom. The van der Waals surface area contributed by atoms with E-state index >= 15 is 0 Å². The Kier molecular flexibility index (Phi) is 4.69. The maximum Gasteiger partial charge on any atom is 0.245 e. The van der Waals surface area contributed by atoms with E-state index in [1.54, 1.807) is 0 Å². The van der Waals surface area contributed by atoms with E-state index in [1.807, 2.05) is 0 Å². The molecule has 1 aromatic carbocycles. The largest absolute Gasteiger partial charge is 0.495 e. The van der Waals surface area contributed by atoms with Crippen LogP contribution in [-0.4, -0.2) is 34.1 Å². The fraction of sp³-hybridized carbons (Fsp3) is 0.417. The second kappa shape index (κ2) is 5.78. The predicted octanol–water partition coefficient (Wildman–Crippen LogP) is -0.172. The molecule has 0 atom stereocenters. The lowest BCUT2D eigenvalue weighted by Gasteiger charge is -2.23. The monoisotopic (exact) mass is 317 g/mol. The standard InChI is InChI=1S/C12H19N3O5S/c1-12(2,11(14)16)15-21(17,18)10-5-7(13)8(19-3)6-9(10)20-4/h5-6,15H,13H2,1-4H3,(H2,14,16). The fourth-order valence-corrected chi connectivity index (χ4v) is 3.12. The van der Waals surface area contributed by atoms with Crippen LogP contribution in [0.2, 0.25) is 0 Å². The van der Waals surface area contributed by atoms with Crippen molar-refractivity contribution in [2.45, 2.75) is 24.3 Å². The number of rotatable bonds is 6. The zero-order valence-corrected chi connectivity index (χ0v) is 13.1. The van der Waals surface area contributed by atoms with Crippen LogP contribution in [0.5, 0.6) is 11.5 Å². The lowest BCUT2D eigenvalue weighted by Crippen LogP contribution is -2.52. The first kappa shape index (κ1) is 17.1. The Morgan fingerprint density at radius 1 is 1.19 bits per heavy atom. The van der Waals surface area contributed by atoms with Gasteiger partial charge in [-0.1, -0.05) is 0 Å². The molecule has 8 nitrogen and oxygen atoms in total. The van der Waals surface area contributed by atoms with Crippen LogP contribution in [0.3, 0.4) is 0 Å². The highest BCUT2D eigenvalue weighted by atomic mass is 32.2. The highest BCUT2D eigenvalue weighted by Crippen LogP contribution is 2.34. The molecule has 0 heterocycles. The van der Waals surface area contributed by atoms with E-state index in [4.69, 9.17) is 20.9 Å². The second-order valence-corrected chi connectivity index (χ2v) is 6.49. The van der Waals surface area contributed by atoms with Crippen molar-refractivity contribution in [1.82, 2.24) is 4.72 Å². The van der Waals surface area contributed by atoms with Crippen molar-refractivity contribution in [1.29, 1.82) is 0 Å². The summed E-state index contributed by atoms with van der Waals surface area (Å²) >= 11 is 0. The molecule has 0 aromatic heterocycles. The molecule has 0 unspecified atom stereocenters. The van der Waals surface area contributed by atoms with Crippen LogP contribution < -0.4 is 25.7 Å². The second-order valence-electron chi connectivity index (χ2n) is 4.84. The van der Waals surface area contributed by atoms with Crippen molar-refractivity contribution >= 4 is 21.6 Å². The number of carbonyl (C=O) groups is 1. The molecule has 0 fully saturated rings. The molecule has 0 bridgehead atoms. The van der Waals surface area contributed by atoms with Gasteiger partial charge in [0.25, 0.3) is 0 Å². The summed E-state index contributed by atoms with van der Waals surface area (Å²) < 4.78 is 37.0. The predicted molar refractivity (Wildman–Crippen MR) is 77.6 cm³/mol. The molecule has 21 heavy (non-hydrogen) atoms. The minimum absolute atomic E-state index is 0.0359. The van der Waals surface area contributed by atoms with Crippen LogP contribution in [0.15, 0.2) is 17.0 Å². The molecule has 0 radical (unpaired) electrons. The summed E-state index contributed by atoms with van der Waals surface area (Å²) in [4.78, 5) is 11.1. The van der Waals surface area contributed by atoms with Gasteiger partial charge < -0.3 is 20.9 Å². The van der Waals surface area contributed by atoms with Crippen LogP contribution in [0.25, 0.3) is 0 Å². The molecular weight excluding hydrogens is 298 g/mol. The third-order valence-corrected chi connectivity index (χ3v) is 4.49. The zero-order chi connectivity index (χ0) is 16.4. The number of sulfonamides is 1. The van der Waals surface area contributed by atoms with E-state index in [-0.39, 0.29) is 22.1 Å². The summed E-state index contributed by atoms with van der Waals surface area (Å²) in [6.07, 6.45) is 0. The number of primary amides is 1. The zero-order valence-electron chi connectivity index (χ0n) is 12.3. The maximum atomic E-state index is 12.4. The number of nitrogens with one attached hydrogen (secondary N) is 1. The third-order valence-electron chi connectivity index (χ3n) is 2.81. The van der Waals surface area contributed by atoms with Crippen molar-refractivity contribution in [3.8, 4) is 11.5 Å². The summed E-state index contributed by atoms with van der Waals surface area (Å²) in [6.45, 7) is 2.71. The van der Waals surface area contributed by atoms with Gasteiger partial charge in [-0.2, -0.15) is 4.72 Å². The molecule has 118 valence electrons. The summed E-state index contributed by atoms with van der Waals surface area (Å²) in [6, 6.07) is 2.54. The fourth-order valence-electron chi connectivity index (χ4n) is 1.54. The number of nitrogen functional groups attached to an aromatic ring is 1. The first-order valence-corrected chi connectivity index (χ1v) is 7.39. The summed E-state index contributed by atoms with van der Waals surface area (Å²) in [5, 5.41) is 0. The third kappa shape index (κ3) is 3.56. The molecular formula is C12H19N3O5S. The smallest absolute Gasteiger partial charge is 0.245 e. The van der Waals surface area contributed by atoms with Gasteiger partial charge in [-0.3, -0.25) is 4.79 Å². The molecule has 0 aliphatic rings. The van der Waals surface area contributed by atoms with E-state index in [1.165, 1.54) is 40.2 Å². The minimum Gasteiger partial charge on any atom is -0.495 e. The molecule has 0 saturated carbocycles. The normalized spacial score (nSPS) is 12.0. The van der Waals surface area contributed by atoms with E-state index in [0.717, 1.165) is 0 Å². The van der Waals surface area contributed by atoms with Crippen LogP contribution >= 0.6 is 0 Å². The number of benzene rings is 1. The number of nitrogens with two attached hydrogens (primary N) is 2. The summed E-state index contributed by atoms with van der Waals surface area (Å²) in [5.74, 6) is -0.500. The Labute approximate surface area is 123 Å². The van der Waals surface area contributed by atoms with Crippen molar-refractivity contribution < 1.29 is 22.7 Å². The molecule has 0 spiro atoms. The number of amides is 1. The molecule has 9 heteroatoms. The SMILES string of the molecule is COc1cc(OC)c(S(=O)(=O)NC(C)(C)C(N)=O)cc1N. The van der Waals surface area contributed by atoms with Crippen molar-refractivity contribution in [2.75, 3.05) is 20.0 Å². The van der Waals surface area contributed by atoms with Crippen LogP contribution in [0.1, 0.15) is 13.8 Å². The van der Waals surface area contributed by atoms with Crippen molar-refractivity contribution in [2.24, 2.45) is 5.73 Å². The topological polar surface area (TPSA) is 134 Å². The number of anilines is 1. The van der Waals surface area contributed by atoms with Crippen LogP contribution in [0, 0.1) is 0 Å². The molecule has 0 aliphatic carbocycles. The van der Waals surface area contributed by atoms with Gasteiger partial charge in [-0.05, 0) is 19.9 Å². The maximum absolute atomic E-state index is 12.4. The highest BCUT2D eigenvalue weighted by molar-refractivity contribution is 7.89. The molecule has 5 N–H and O–H groups in total. The lowest BCUT2D eigenvalue weighted by molar-refractivity contribution is -0.122. The average molecular weight is 317 g/mol. The number of carbonyl (C=O) groups excluding carboxylic acids is 1. The molecule has 1 aromatic rings. The molecule has 0 aliphatic heterocycles. The summed E-state index contributed by atoms with van der Waals surface area (Å²) in [7, 11) is -1.36. The minimum atomic E-state index is -4.06. The lowest BCUT2D eigenvalue weighted by atomic mass is 10.1. The number of hydrogen-bond donors (Lipinski definition) is 3. The van der Waals surface area contributed by atoms with Gasteiger partial charge in [-0.15, -0.1) is 0 Å². The first-order valence-electron chi connectivity index (χ1n) is 5.90. The van der Waals surface area contributed by atoms with Crippen molar-refractivity contribution in [3.63, 3.8) is 0 Å². The van der Waals surface area contributed by atoms with Gasteiger partial charge in [0.1, 0.15) is 21.9 Å². The van der Waals surface area contributed by atoms with Gasteiger partial charge in [0.15, 0.2) is 0 Å². The van der Waals surface area contributed by atoms with E-state index < -0.39 is 21.5 Å². The molecule has 1 rings (SSSR count). The number of methoxy groups -OCH3 is 2. The quantitative estimate of drug-likeness (QED) is 0.624. The molecule has 0 saturated heterocycles.